The summed E-state index contributed by atoms with van der Waals surface area (Å²) in [4.78, 5) is 21.5. The van der Waals surface area contributed by atoms with Crippen LogP contribution in [-0.2, 0) is 14.3 Å². The van der Waals surface area contributed by atoms with E-state index < -0.39 is 5.97 Å². The predicted octanol–water partition coefficient (Wildman–Crippen LogP) is 5.75. The lowest BCUT2D eigenvalue weighted by Crippen LogP contribution is -2.10. The minimum Gasteiger partial charge on any atom is -0.481 e. The van der Waals surface area contributed by atoms with Gasteiger partial charge in [0.25, 0.3) is 0 Å². The molecule has 1 N–H and O–H groups in total. The molecule has 0 aromatic carbocycles. The van der Waals surface area contributed by atoms with Crippen molar-refractivity contribution in [3.05, 3.63) is 12.2 Å². The summed E-state index contributed by atoms with van der Waals surface area (Å²) in [5.74, 6) is -1.02. The second-order valence-corrected chi connectivity index (χ2v) is 5.92. The SMILES string of the molecule is CCCC/C=C/C(CCCC)C(=O)O.CCCCCC(=O)OCC. The number of aliphatic carboxylic acids is 1. The molecule has 142 valence electrons. The summed E-state index contributed by atoms with van der Waals surface area (Å²) < 4.78 is 4.75. The number of ether oxygens (including phenoxy) is 1. The second-order valence-electron chi connectivity index (χ2n) is 5.92. The van der Waals surface area contributed by atoms with Gasteiger partial charge in [0, 0.05) is 6.42 Å². The van der Waals surface area contributed by atoms with Crippen molar-refractivity contribution in [2.75, 3.05) is 6.61 Å². The second kappa shape index (κ2) is 19.7. The van der Waals surface area contributed by atoms with Crippen molar-refractivity contribution in [3.8, 4) is 0 Å². The van der Waals surface area contributed by atoms with Gasteiger partial charge in [0.05, 0.1) is 12.5 Å². The maximum absolute atomic E-state index is 10.8. The number of rotatable bonds is 13. The summed E-state index contributed by atoms with van der Waals surface area (Å²) in [6, 6.07) is 0. The molecular formula is C20H38O4. The molecule has 0 spiro atoms. The van der Waals surface area contributed by atoms with Gasteiger partial charge in [-0.2, -0.15) is 0 Å². The van der Waals surface area contributed by atoms with E-state index in [-0.39, 0.29) is 11.9 Å². The third-order valence-electron chi connectivity index (χ3n) is 3.57. The summed E-state index contributed by atoms with van der Waals surface area (Å²) in [5.41, 5.74) is 0. The van der Waals surface area contributed by atoms with Crippen LogP contribution in [0.5, 0.6) is 0 Å². The summed E-state index contributed by atoms with van der Waals surface area (Å²) in [7, 11) is 0. The Morgan fingerprint density at radius 2 is 1.58 bits per heavy atom. The first-order chi connectivity index (χ1) is 11.5. The van der Waals surface area contributed by atoms with Crippen LogP contribution in [0, 0.1) is 5.92 Å². The van der Waals surface area contributed by atoms with Crippen LogP contribution in [-0.4, -0.2) is 23.7 Å². The number of hydrogen-bond donors (Lipinski definition) is 1. The zero-order valence-electron chi connectivity index (χ0n) is 16.2. The van der Waals surface area contributed by atoms with E-state index in [0.717, 1.165) is 57.8 Å². The fraction of sp³-hybridized carbons (Fsp3) is 0.800. The van der Waals surface area contributed by atoms with Crippen LogP contribution in [0.4, 0.5) is 0 Å². The number of carboxylic acid groups (broad SMARTS) is 1. The number of allylic oxidation sites excluding steroid dienone is 1. The van der Waals surface area contributed by atoms with E-state index in [1.54, 1.807) is 0 Å². The molecule has 0 aliphatic rings. The molecule has 0 aromatic heterocycles. The lowest BCUT2D eigenvalue weighted by Gasteiger charge is -2.05. The van der Waals surface area contributed by atoms with Gasteiger partial charge in [-0.1, -0.05) is 71.4 Å². The molecule has 1 atom stereocenters. The van der Waals surface area contributed by atoms with E-state index >= 15 is 0 Å². The van der Waals surface area contributed by atoms with E-state index in [2.05, 4.69) is 20.8 Å². The predicted molar refractivity (Wildman–Crippen MR) is 100 cm³/mol. The Hall–Kier alpha value is -1.32. The number of carbonyl (C=O) groups is 2. The largest absolute Gasteiger partial charge is 0.481 e. The standard InChI is InChI=1S/C12H22O2.C8H16O2/c1-3-5-7-8-10-11(12(13)14)9-6-4-2;1-3-5-6-7-8(9)10-4-2/h8,10-11H,3-7,9H2,1-2H3,(H,13,14);3-7H2,1-2H3/b10-8+;. The van der Waals surface area contributed by atoms with E-state index in [0.29, 0.717) is 13.0 Å². The highest BCUT2D eigenvalue weighted by molar-refractivity contribution is 5.72. The van der Waals surface area contributed by atoms with E-state index in [1.165, 1.54) is 0 Å². The monoisotopic (exact) mass is 342 g/mol. The molecule has 0 heterocycles. The van der Waals surface area contributed by atoms with Crippen molar-refractivity contribution in [3.63, 3.8) is 0 Å². The Kier molecular flexibility index (Phi) is 20.5. The maximum atomic E-state index is 10.8. The topological polar surface area (TPSA) is 63.6 Å². The summed E-state index contributed by atoms with van der Waals surface area (Å²) in [6.07, 6.45) is 13.8. The smallest absolute Gasteiger partial charge is 0.310 e. The maximum Gasteiger partial charge on any atom is 0.310 e. The first-order valence-corrected chi connectivity index (χ1v) is 9.58. The molecule has 0 radical (unpaired) electrons. The van der Waals surface area contributed by atoms with Crippen LogP contribution >= 0.6 is 0 Å². The van der Waals surface area contributed by atoms with Gasteiger partial charge in [0.1, 0.15) is 0 Å². The van der Waals surface area contributed by atoms with Crippen molar-refractivity contribution < 1.29 is 19.4 Å². The third-order valence-corrected chi connectivity index (χ3v) is 3.57. The molecule has 0 saturated heterocycles. The van der Waals surface area contributed by atoms with Crippen LogP contribution < -0.4 is 0 Å². The Bertz CT molecular complexity index is 324. The highest BCUT2D eigenvalue weighted by Gasteiger charge is 2.11. The van der Waals surface area contributed by atoms with Gasteiger partial charge in [-0.25, -0.2) is 0 Å². The fourth-order valence-electron chi connectivity index (χ4n) is 2.06. The van der Waals surface area contributed by atoms with Crippen LogP contribution in [0.15, 0.2) is 12.2 Å². The number of esters is 1. The van der Waals surface area contributed by atoms with Crippen LogP contribution in [0.25, 0.3) is 0 Å². The van der Waals surface area contributed by atoms with Gasteiger partial charge in [-0.15, -0.1) is 0 Å². The number of carbonyl (C=O) groups excluding carboxylic acids is 1. The molecule has 0 saturated carbocycles. The molecule has 0 bridgehead atoms. The number of hydrogen-bond acceptors (Lipinski definition) is 3. The average Bonchev–Trinajstić information content (AvgIpc) is 2.55. The Labute approximate surface area is 148 Å². The van der Waals surface area contributed by atoms with Gasteiger partial charge in [0.15, 0.2) is 0 Å². The quantitative estimate of drug-likeness (QED) is 0.263. The fourth-order valence-corrected chi connectivity index (χ4v) is 2.06. The Balaban J connectivity index is 0. The van der Waals surface area contributed by atoms with Gasteiger partial charge < -0.3 is 9.84 Å². The lowest BCUT2D eigenvalue weighted by atomic mass is 10.0. The number of unbranched alkanes of at least 4 members (excludes halogenated alkanes) is 5. The molecule has 24 heavy (non-hydrogen) atoms. The zero-order valence-corrected chi connectivity index (χ0v) is 16.2. The van der Waals surface area contributed by atoms with Gasteiger partial charge >= 0.3 is 11.9 Å². The van der Waals surface area contributed by atoms with Crippen molar-refractivity contribution in [1.82, 2.24) is 0 Å². The van der Waals surface area contributed by atoms with E-state index in [1.807, 2.05) is 19.1 Å². The van der Waals surface area contributed by atoms with Crippen molar-refractivity contribution in [2.45, 2.75) is 91.9 Å². The molecule has 0 rings (SSSR count). The lowest BCUT2D eigenvalue weighted by molar-refractivity contribution is -0.143. The van der Waals surface area contributed by atoms with Gasteiger partial charge in [0.2, 0.25) is 0 Å². The molecule has 4 nitrogen and oxygen atoms in total. The Morgan fingerprint density at radius 1 is 0.958 bits per heavy atom. The molecule has 0 aromatic rings. The highest BCUT2D eigenvalue weighted by Crippen LogP contribution is 2.11. The normalized spacial score (nSPS) is 11.7. The molecule has 0 amide bonds. The third kappa shape index (κ3) is 18.7. The molecule has 0 fully saturated rings. The highest BCUT2D eigenvalue weighted by atomic mass is 16.5. The van der Waals surface area contributed by atoms with Crippen molar-refractivity contribution >= 4 is 11.9 Å². The minimum atomic E-state index is -0.689. The van der Waals surface area contributed by atoms with Crippen LogP contribution in [0.2, 0.25) is 0 Å². The summed E-state index contributed by atoms with van der Waals surface area (Å²) in [5, 5.41) is 8.91. The zero-order chi connectivity index (χ0) is 18.6. The van der Waals surface area contributed by atoms with Gasteiger partial charge in [-0.3, -0.25) is 9.59 Å². The molecule has 1 unspecified atom stereocenters. The summed E-state index contributed by atoms with van der Waals surface area (Å²) >= 11 is 0. The minimum absolute atomic E-state index is 0.0593. The van der Waals surface area contributed by atoms with Crippen molar-refractivity contribution in [1.29, 1.82) is 0 Å². The van der Waals surface area contributed by atoms with Crippen LogP contribution in [0.1, 0.15) is 91.9 Å². The molecular weight excluding hydrogens is 304 g/mol. The van der Waals surface area contributed by atoms with E-state index in [9.17, 15) is 9.59 Å². The van der Waals surface area contributed by atoms with E-state index in [4.69, 9.17) is 9.84 Å². The van der Waals surface area contributed by atoms with Crippen LogP contribution in [0.3, 0.4) is 0 Å². The molecule has 4 heteroatoms. The summed E-state index contributed by atoms with van der Waals surface area (Å²) in [6.45, 7) is 8.67. The Morgan fingerprint density at radius 3 is 2.08 bits per heavy atom. The molecule has 0 aliphatic carbocycles. The first-order valence-electron chi connectivity index (χ1n) is 9.58. The average molecular weight is 343 g/mol. The first kappa shape index (κ1) is 24.9. The van der Waals surface area contributed by atoms with Gasteiger partial charge in [-0.05, 0) is 26.2 Å². The number of carboxylic acids is 1. The molecule has 0 aliphatic heterocycles. The van der Waals surface area contributed by atoms with Crippen molar-refractivity contribution in [2.24, 2.45) is 5.92 Å².